The normalized spacial score (nSPS) is 22.2. The Kier molecular flexibility index (Phi) is 6.63. The lowest BCUT2D eigenvalue weighted by Crippen LogP contribution is -2.52. The molecule has 13 heteroatoms. The van der Waals surface area contributed by atoms with E-state index in [0.29, 0.717) is 24.3 Å². The molecule has 0 fully saturated rings. The number of carbonyl (C=O) groups is 1. The van der Waals surface area contributed by atoms with Crippen LogP contribution in [0.25, 0.3) is 0 Å². The van der Waals surface area contributed by atoms with Crippen LogP contribution in [0, 0.1) is 5.92 Å². The number of anilines is 1. The molecule has 2 aromatic carbocycles. The molecule has 0 radical (unpaired) electrons. The van der Waals surface area contributed by atoms with Crippen LogP contribution in [0.2, 0.25) is 0 Å². The molecule has 3 atom stereocenters. The summed E-state index contributed by atoms with van der Waals surface area (Å²) < 4.78 is 144. The van der Waals surface area contributed by atoms with Gasteiger partial charge in [0.25, 0.3) is 0 Å². The zero-order valence-corrected chi connectivity index (χ0v) is 19.0. The number of carboxylic acid groups (broad SMARTS) is 1. The lowest BCUT2D eigenvalue weighted by molar-refractivity contribution is -0.143. The molecule has 1 aliphatic heterocycles. The highest BCUT2D eigenvalue weighted by Crippen LogP contribution is 2.46. The molecule has 0 aromatic heterocycles. The molecule has 2 N–H and O–H groups in total. The van der Waals surface area contributed by atoms with Gasteiger partial charge in [0.05, 0.1) is 22.4 Å². The number of benzene rings is 2. The largest absolute Gasteiger partial charge is 0.465 e. The van der Waals surface area contributed by atoms with Crippen LogP contribution in [0.15, 0.2) is 36.4 Å². The van der Waals surface area contributed by atoms with E-state index in [0.717, 1.165) is 11.0 Å². The maximum atomic E-state index is 13.6. The summed E-state index contributed by atoms with van der Waals surface area (Å²) in [6, 6.07) is 0.467. The zero-order valence-electron chi connectivity index (χ0n) is 22.0. The van der Waals surface area contributed by atoms with Crippen LogP contribution in [0.5, 0.6) is 0 Å². The van der Waals surface area contributed by atoms with Crippen molar-refractivity contribution in [2.24, 2.45) is 5.92 Å². The Bertz CT molecular complexity index is 1210. The third kappa shape index (κ3) is 5.97. The molecule has 4 nitrogen and oxygen atoms in total. The summed E-state index contributed by atoms with van der Waals surface area (Å²) in [6.45, 7) is -1.92. The molecule has 0 saturated carbocycles. The van der Waals surface area contributed by atoms with Gasteiger partial charge in [-0.05, 0) is 66.3 Å². The minimum atomic E-state index is -5.14. The zero-order chi connectivity index (χ0) is 30.4. The summed E-state index contributed by atoms with van der Waals surface area (Å²) in [7, 11) is 0. The fourth-order valence-corrected chi connectivity index (χ4v) is 4.62. The third-order valence-electron chi connectivity index (χ3n) is 6.24. The van der Waals surface area contributed by atoms with Gasteiger partial charge in [-0.3, -0.25) is 4.90 Å². The SMILES string of the molecule is [2H]C([2H])([2H])CC1C(NCc2cc(C(F)(F)F)cc(C(F)(F)F)c2)c2cc(C(F)(F)F)ccc2N(C(=O)O)C1CC. The Morgan fingerprint density at radius 1 is 0.919 bits per heavy atom. The highest BCUT2D eigenvalue weighted by atomic mass is 19.4. The van der Waals surface area contributed by atoms with Crippen molar-refractivity contribution in [2.45, 2.75) is 63.8 Å². The first kappa shape index (κ1) is 24.4. The molecule has 1 heterocycles. The van der Waals surface area contributed by atoms with Crippen LogP contribution in [0.4, 0.5) is 50.0 Å². The molecule has 0 spiro atoms. The topological polar surface area (TPSA) is 52.6 Å². The predicted octanol–water partition coefficient (Wildman–Crippen LogP) is 7.88. The highest BCUT2D eigenvalue weighted by Gasteiger charge is 2.44. The number of rotatable bonds is 5. The van der Waals surface area contributed by atoms with E-state index < -0.39 is 84.7 Å². The van der Waals surface area contributed by atoms with E-state index in [-0.39, 0.29) is 23.7 Å². The number of hydrogen-bond acceptors (Lipinski definition) is 2. The summed E-state index contributed by atoms with van der Waals surface area (Å²) in [5, 5.41) is 12.5. The molecule has 1 amide bonds. The maximum Gasteiger partial charge on any atom is 0.416 e. The van der Waals surface area contributed by atoms with Crippen LogP contribution in [0.1, 0.15) is 64.6 Å². The van der Waals surface area contributed by atoms with E-state index in [1.807, 2.05) is 0 Å². The van der Waals surface area contributed by atoms with Gasteiger partial charge in [-0.1, -0.05) is 13.8 Å². The van der Waals surface area contributed by atoms with Crippen molar-refractivity contribution in [2.75, 3.05) is 4.90 Å². The highest BCUT2D eigenvalue weighted by molar-refractivity contribution is 5.89. The van der Waals surface area contributed by atoms with Gasteiger partial charge >= 0.3 is 24.6 Å². The van der Waals surface area contributed by atoms with Crippen LogP contribution in [-0.2, 0) is 25.1 Å². The molecule has 0 saturated heterocycles. The van der Waals surface area contributed by atoms with Crippen molar-refractivity contribution in [1.82, 2.24) is 5.32 Å². The summed E-state index contributed by atoms with van der Waals surface area (Å²) in [5.74, 6) is -1.22. The van der Waals surface area contributed by atoms with E-state index in [1.165, 1.54) is 6.92 Å². The number of alkyl halides is 9. The summed E-state index contributed by atoms with van der Waals surface area (Å²) in [5.41, 5.74) is -5.46. The van der Waals surface area contributed by atoms with Gasteiger partial charge in [0, 0.05) is 22.7 Å². The van der Waals surface area contributed by atoms with Crippen LogP contribution < -0.4 is 10.2 Å². The monoisotopic (exact) mass is 545 g/mol. The predicted molar refractivity (Wildman–Crippen MR) is 116 cm³/mol. The van der Waals surface area contributed by atoms with Crippen molar-refractivity contribution in [3.05, 3.63) is 64.2 Å². The number of fused-ring (bicyclic) bond motifs is 1. The first-order valence-electron chi connectivity index (χ1n) is 12.4. The summed E-state index contributed by atoms with van der Waals surface area (Å²) in [6.07, 6.45) is -17.5. The van der Waals surface area contributed by atoms with Gasteiger partial charge in [-0.2, -0.15) is 39.5 Å². The van der Waals surface area contributed by atoms with Gasteiger partial charge < -0.3 is 10.4 Å². The average molecular weight is 545 g/mol. The number of halogens is 9. The van der Waals surface area contributed by atoms with Crippen LogP contribution in [-0.4, -0.2) is 17.2 Å². The molecule has 1 aliphatic rings. The average Bonchev–Trinajstić information content (AvgIpc) is 2.79. The first-order chi connectivity index (χ1) is 18.1. The number of amides is 1. The quantitative estimate of drug-likeness (QED) is 0.376. The van der Waals surface area contributed by atoms with Crippen molar-refractivity contribution in [1.29, 1.82) is 0 Å². The molecule has 204 valence electrons. The Morgan fingerprint density at radius 3 is 1.95 bits per heavy atom. The van der Waals surface area contributed by atoms with E-state index in [1.54, 1.807) is 0 Å². The van der Waals surface area contributed by atoms with Crippen molar-refractivity contribution in [3.8, 4) is 0 Å². The van der Waals surface area contributed by atoms with Crippen molar-refractivity contribution >= 4 is 11.8 Å². The lowest BCUT2D eigenvalue weighted by atomic mass is 9.78. The molecular weight excluding hydrogens is 519 g/mol. The fourth-order valence-electron chi connectivity index (χ4n) is 4.62. The van der Waals surface area contributed by atoms with Gasteiger partial charge in [-0.25, -0.2) is 4.79 Å². The molecule has 0 aliphatic carbocycles. The molecule has 0 bridgehead atoms. The lowest BCUT2D eigenvalue weighted by Gasteiger charge is -2.45. The van der Waals surface area contributed by atoms with Crippen LogP contribution in [0.3, 0.4) is 0 Å². The molecule has 3 rings (SSSR count). The summed E-state index contributed by atoms with van der Waals surface area (Å²) >= 11 is 0. The molecule has 37 heavy (non-hydrogen) atoms. The third-order valence-corrected chi connectivity index (χ3v) is 6.24. The Labute approximate surface area is 210 Å². The van der Waals surface area contributed by atoms with E-state index >= 15 is 0 Å². The van der Waals surface area contributed by atoms with E-state index in [9.17, 15) is 49.4 Å². The second-order valence-electron chi connectivity index (χ2n) is 8.54. The minimum absolute atomic E-state index is 0.00741. The Morgan fingerprint density at radius 2 is 1.49 bits per heavy atom. The Balaban J connectivity index is 2.18. The van der Waals surface area contributed by atoms with Crippen molar-refractivity contribution < 1.29 is 53.5 Å². The number of hydrogen-bond donors (Lipinski definition) is 2. The second-order valence-corrected chi connectivity index (χ2v) is 8.54. The molecular formula is C24H23F9N2O2. The van der Waals surface area contributed by atoms with Gasteiger partial charge in [0.2, 0.25) is 0 Å². The van der Waals surface area contributed by atoms with E-state index in [2.05, 4.69) is 5.32 Å². The van der Waals surface area contributed by atoms with Gasteiger partial charge in [0.1, 0.15) is 0 Å². The van der Waals surface area contributed by atoms with Gasteiger partial charge in [0.15, 0.2) is 0 Å². The molecule has 2 aromatic rings. The number of nitrogens with one attached hydrogen (secondary N) is 1. The van der Waals surface area contributed by atoms with E-state index in [4.69, 9.17) is 4.11 Å². The Hall–Kier alpha value is -2.96. The fraction of sp³-hybridized carbons (Fsp3) is 0.458. The second kappa shape index (κ2) is 10.1. The van der Waals surface area contributed by atoms with Crippen molar-refractivity contribution in [3.63, 3.8) is 0 Å². The van der Waals surface area contributed by atoms with Crippen LogP contribution >= 0.6 is 0 Å². The number of nitrogens with zero attached hydrogens (tertiary/aromatic N) is 1. The molecule has 3 unspecified atom stereocenters. The summed E-state index contributed by atoms with van der Waals surface area (Å²) in [4.78, 5) is 12.9. The smallest absolute Gasteiger partial charge is 0.416 e. The minimum Gasteiger partial charge on any atom is -0.465 e. The first-order valence-corrected chi connectivity index (χ1v) is 10.9. The van der Waals surface area contributed by atoms with Gasteiger partial charge in [-0.15, -0.1) is 0 Å². The standard InChI is InChI=1S/C24H23F9N2O2/c1-3-16-18(4-2)35(21(36)37)19-6-5-13(22(25,26)27)10-17(19)20(16)34-11-12-7-14(23(28,29)30)9-15(8-12)24(31,32)33/h5-10,16,18,20,34H,3-4,11H2,1-2H3,(H,36,37)/i1D3. The maximum absolute atomic E-state index is 13.6.